The lowest BCUT2D eigenvalue weighted by molar-refractivity contribution is -0.136. The van der Waals surface area contributed by atoms with E-state index in [0.717, 1.165) is 11.4 Å². The van der Waals surface area contributed by atoms with Gasteiger partial charge < -0.3 is 16.0 Å². The maximum atomic E-state index is 13.1. The molecular weight excluding hydrogens is 454 g/mol. The Bertz CT molecular complexity index is 1170. The first kappa shape index (κ1) is 23.9. The SMILES string of the molecule is CCn1cc(NC(=O)NCCCCNc2cccc3c2C(=O)N(C2CCC(=O)NC2=O)C3=O)cn1. The first-order chi connectivity index (χ1) is 16.9. The number of aromatic nitrogens is 2. The molecule has 0 spiro atoms. The Labute approximate surface area is 201 Å². The smallest absolute Gasteiger partial charge is 0.319 e. The Morgan fingerprint density at radius 3 is 2.69 bits per heavy atom. The van der Waals surface area contributed by atoms with Gasteiger partial charge in [0.05, 0.1) is 23.0 Å². The van der Waals surface area contributed by atoms with Gasteiger partial charge in [-0.3, -0.25) is 34.1 Å². The summed E-state index contributed by atoms with van der Waals surface area (Å²) in [6.07, 6.45) is 4.91. The quantitative estimate of drug-likeness (QED) is 0.311. The van der Waals surface area contributed by atoms with E-state index in [0.29, 0.717) is 37.3 Å². The summed E-state index contributed by atoms with van der Waals surface area (Å²) < 4.78 is 1.71. The minimum Gasteiger partial charge on any atom is -0.384 e. The van der Waals surface area contributed by atoms with Crippen LogP contribution in [0.5, 0.6) is 0 Å². The predicted molar refractivity (Wildman–Crippen MR) is 126 cm³/mol. The number of hydrogen-bond acceptors (Lipinski definition) is 7. The molecule has 4 N–H and O–H groups in total. The Balaban J connectivity index is 1.26. The van der Waals surface area contributed by atoms with Crippen molar-refractivity contribution in [2.24, 2.45) is 0 Å². The third kappa shape index (κ3) is 5.15. The van der Waals surface area contributed by atoms with Gasteiger partial charge in [0.2, 0.25) is 11.8 Å². The summed E-state index contributed by atoms with van der Waals surface area (Å²) in [6.45, 7) is 3.65. The van der Waals surface area contributed by atoms with Gasteiger partial charge in [0.15, 0.2) is 0 Å². The molecule has 0 radical (unpaired) electrons. The van der Waals surface area contributed by atoms with Crippen molar-refractivity contribution >= 4 is 41.0 Å². The largest absolute Gasteiger partial charge is 0.384 e. The van der Waals surface area contributed by atoms with E-state index in [-0.39, 0.29) is 30.0 Å². The van der Waals surface area contributed by atoms with Crippen molar-refractivity contribution < 1.29 is 24.0 Å². The number of rotatable bonds is 9. The van der Waals surface area contributed by atoms with E-state index in [1.54, 1.807) is 35.3 Å². The minimum atomic E-state index is -0.999. The molecule has 1 saturated heterocycles. The molecule has 0 bridgehead atoms. The summed E-state index contributed by atoms with van der Waals surface area (Å²) >= 11 is 0. The fraction of sp³-hybridized carbons (Fsp3) is 0.391. The number of urea groups is 1. The number of benzene rings is 1. The number of hydrogen-bond donors (Lipinski definition) is 4. The van der Waals surface area contributed by atoms with Crippen molar-refractivity contribution in [1.29, 1.82) is 0 Å². The zero-order valence-corrected chi connectivity index (χ0v) is 19.3. The highest BCUT2D eigenvalue weighted by Gasteiger charge is 2.45. The van der Waals surface area contributed by atoms with Gasteiger partial charge in [0.25, 0.3) is 11.8 Å². The van der Waals surface area contributed by atoms with Gasteiger partial charge in [-0.25, -0.2) is 4.79 Å². The summed E-state index contributed by atoms with van der Waals surface area (Å²) in [7, 11) is 0. The second-order valence-corrected chi connectivity index (χ2v) is 8.27. The molecule has 1 unspecified atom stereocenters. The Kier molecular flexibility index (Phi) is 7.09. The van der Waals surface area contributed by atoms with Crippen molar-refractivity contribution in [3.8, 4) is 0 Å². The molecule has 2 aromatic rings. The van der Waals surface area contributed by atoms with Gasteiger partial charge in [0.1, 0.15) is 6.04 Å². The van der Waals surface area contributed by atoms with Crippen molar-refractivity contribution in [2.45, 2.75) is 45.2 Å². The van der Waals surface area contributed by atoms with Crippen LogP contribution < -0.4 is 21.3 Å². The number of imide groups is 2. The van der Waals surface area contributed by atoms with E-state index in [1.807, 2.05) is 6.92 Å². The monoisotopic (exact) mass is 481 g/mol. The number of aryl methyl sites for hydroxylation is 1. The molecule has 35 heavy (non-hydrogen) atoms. The summed E-state index contributed by atoms with van der Waals surface area (Å²) in [6, 6.07) is 3.63. The predicted octanol–water partition coefficient (Wildman–Crippen LogP) is 1.32. The molecule has 12 nitrogen and oxygen atoms in total. The molecule has 4 rings (SSSR count). The molecule has 12 heteroatoms. The van der Waals surface area contributed by atoms with Crippen LogP contribution in [0.15, 0.2) is 30.6 Å². The summed E-state index contributed by atoms with van der Waals surface area (Å²) in [5.41, 5.74) is 1.59. The van der Waals surface area contributed by atoms with Gasteiger partial charge in [-0.15, -0.1) is 0 Å². The van der Waals surface area contributed by atoms with Crippen LogP contribution >= 0.6 is 0 Å². The molecule has 0 saturated carbocycles. The molecule has 2 aliphatic rings. The molecule has 2 aliphatic heterocycles. The van der Waals surface area contributed by atoms with E-state index < -0.39 is 29.7 Å². The van der Waals surface area contributed by atoms with Crippen LogP contribution in [0.3, 0.4) is 0 Å². The number of carbonyl (C=O) groups is 5. The van der Waals surface area contributed by atoms with Crippen molar-refractivity contribution in [3.05, 3.63) is 41.7 Å². The molecule has 184 valence electrons. The second kappa shape index (κ2) is 10.4. The Morgan fingerprint density at radius 2 is 1.94 bits per heavy atom. The second-order valence-electron chi connectivity index (χ2n) is 8.27. The van der Waals surface area contributed by atoms with Crippen LogP contribution in [0.4, 0.5) is 16.2 Å². The van der Waals surface area contributed by atoms with Gasteiger partial charge in [-0.05, 0) is 38.3 Å². The van der Waals surface area contributed by atoms with Crippen LogP contribution in [-0.2, 0) is 16.1 Å². The topological polar surface area (TPSA) is 155 Å². The number of amides is 6. The van der Waals surface area contributed by atoms with Gasteiger partial charge in [-0.2, -0.15) is 5.10 Å². The molecule has 1 atom stereocenters. The molecule has 3 heterocycles. The van der Waals surface area contributed by atoms with Gasteiger partial charge in [-0.1, -0.05) is 6.07 Å². The summed E-state index contributed by atoms with van der Waals surface area (Å²) in [4.78, 5) is 62.5. The fourth-order valence-electron chi connectivity index (χ4n) is 4.11. The third-order valence-corrected chi connectivity index (χ3v) is 5.89. The number of piperidine rings is 1. The highest BCUT2D eigenvalue weighted by Crippen LogP contribution is 2.32. The maximum Gasteiger partial charge on any atom is 0.319 e. The van der Waals surface area contributed by atoms with Crippen LogP contribution in [0.2, 0.25) is 0 Å². The normalized spacial score (nSPS) is 17.3. The molecular formula is C23H27N7O5. The van der Waals surface area contributed by atoms with Crippen molar-refractivity contribution in [3.63, 3.8) is 0 Å². The van der Waals surface area contributed by atoms with Crippen LogP contribution in [0, 0.1) is 0 Å². The van der Waals surface area contributed by atoms with Crippen LogP contribution in [0.1, 0.15) is 53.3 Å². The molecule has 1 aromatic carbocycles. The Morgan fingerprint density at radius 1 is 1.14 bits per heavy atom. The number of unbranched alkanes of at least 4 members (excludes halogenated alkanes) is 1. The van der Waals surface area contributed by atoms with Gasteiger partial charge in [0, 0.05) is 37.9 Å². The molecule has 1 aromatic heterocycles. The molecule has 6 amide bonds. The maximum absolute atomic E-state index is 13.1. The van der Waals surface area contributed by atoms with Crippen LogP contribution in [0.25, 0.3) is 0 Å². The van der Waals surface area contributed by atoms with E-state index in [9.17, 15) is 24.0 Å². The summed E-state index contributed by atoms with van der Waals surface area (Å²) in [5, 5.41) is 15.0. The number of fused-ring (bicyclic) bond motifs is 1. The summed E-state index contributed by atoms with van der Waals surface area (Å²) in [5.74, 6) is -2.14. The number of carbonyl (C=O) groups excluding carboxylic acids is 5. The van der Waals surface area contributed by atoms with Gasteiger partial charge >= 0.3 is 6.03 Å². The first-order valence-electron chi connectivity index (χ1n) is 11.5. The highest BCUT2D eigenvalue weighted by atomic mass is 16.2. The standard InChI is InChI=1S/C23H27N7O5/c1-2-29-13-14(12-26-29)27-23(35)25-11-4-3-10-24-16-7-5-6-15-19(16)22(34)30(21(15)33)17-8-9-18(31)28-20(17)32/h5-7,12-13,17,24H,2-4,8-11H2,1H3,(H2,25,27,35)(H,28,31,32). The van der Waals surface area contributed by atoms with Crippen LogP contribution in [-0.4, -0.2) is 63.5 Å². The van der Waals surface area contributed by atoms with E-state index in [4.69, 9.17) is 0 Å². The lowest BCUT2D eigenvalue weighted by Gasteiger charge is -2.27. The zero-order valence-electron chi connectivity index (χ0n) is 19.3. The van der Waals surface area contributed by atoms with Crippen molar-refractivity contribution in [2.75, 3.05) is 23.7 Å². The lowest BCUT2D eigenvalue weighted by Crippen LogP contribution is -2.54. The van der Waals surface area contributed by atoms with Crippen molar-refractivity contribution in [1.82, 2.24) is 25.3 Å². The zero-order chi connectivity index (χ0) is 24.9. The lowest BCUT2D eigenvalue weighted by atomic mass is 10.0. The number of anilines is 2. The third-order valence-electron chi connectivity index (χ3n) is 5.89. The average molecular weight is 482 g/mol. The average Bonchev–Trinajstić information content (AvgIpc) is 3.39. The highest BCUT2D eigenvalue weighted by molar-refractivity contribution is 6.25. The van der Waals surface area contributed by atoms with E-state index in [2.05, 4.69) is 26.4 Å². The molecule has 0 aliphatic carbocycles. The fourth-order valence-corrected chi connectivity index (χ4v) is 4.11. The van der Waals surface area contributed by atoms with E-state index in [1.165, 1.54) is 0 Å². The molecule has 1 fully saturated rings. The first-order valence-corrected chi connectivity index (χ1v) is 11.5. The number of nitrogens with one attached hydrogen (secondary N) is 4. The minimum absolute atomic E-state index is 0.0728. The Hall–Kier alpha value is -4.22. The van der Waals surface area contributed by atoms with E-state index >= 15 is 0 Å². The number of nitrogens with zero attached hydrogens (tertiary/aromatic N) is 3.